The molecule has 0 saturated carbocycles. The van der Waals surface area contributed by atoms with E-state index in [0.717, 1.165) is 25.1 Å². The lowest BCUT2D eigenvalue weighted by Crippen LogP contribution is -2.30. The Morgan fingerprint density at radius 2 is 2.38 bits per heavy atom. The van der Waals surface area contributed by atoms with Crippen LogP contribution in [0.15, 0.2) is 18.3 Å². The number of hydrogen-bond acceptors (Lipinski definition) is 2. The van der Waals surface area contributed by atoms with Gasteiger partial charge in [-0.05, 0) is 25.0 Å². The van der Waals surface area contributed by atoms with Gasteiger partial charge in [0.2, 0.25) is 0 Å². The van der Waals surface area contributed by atoms with E-state index in [4.69, 9.17) is 0 Å². The summed E-state index contributed by atoms with van der Waals surface area (Å²) in [6.45, 7) is 0.937. The van der Waals surface area contributed by atoms with Crippen molar-refractivity contribution in [3.8, 4) is 0 Å². The predicted octanol–water partition coefficient (Wildman–Crippen LogP) is 0.505. The Hall–Kier alpha value is -1.25. The van der Waals surface area contributed by atoms with E-state index in [-0.39, 0.29) is 0 Å². The van der Waals surface area contributed by atoms with Crippen LogP contribution in [0, 0.1) is 0 Å². The molecule has 0 aromatic carbocycles. The van der Waals surface area contributed by atoms with Crippen molar-refractivity contribution in [2.45, 2.75) is 31.7 Å². The minimum atomic E-state index is -0.943. The molecule has 13 heavy (non-hydrogen) atoms. The van der Waals surface area contributed by atoms with Crippen molar-refractivity contribution in [3.63, 3.8) is 0 Å². The van der Waals surface area contributed by atoms with Crippen LogP contribution in [-0.4, -0.2) is 10.5 Å². The molecule has 1 aliphatic rings. The van der Waals surface area contributed by atoms with Crippen LogP contribution in [0.4, 0.5) is 0 Å². The van der Waals surface area contributed by atoms with Gasteiger partial charge in [0.25, 0.3) is 0 Å². The van der Waals surface area contributed by atoms with Crippen LogP contribution in [0.1, 0.15) is 30.9 Å². The van der Waals surface area contributed by atoms with E-state index in [0.29, 0.717) is 6.42 Å². The first-order valence-corrected chi connectivity index (χ1v) is 4.65. The lowest BCUT2D eigenvalue weighted by molar-refractivity contribution is -0.308. The smallest absolute Gasteiger partial charge is 0.0504 e. The summed E-state index contributed by atoms with van der Waals surface area (Å²) < 4.78 is 2.02. The van der Waals surface area contributed by atoms with Gasteiger partial charge in [0, 0.05) is 24.4 Å². The highest BCUT2D eigenvalue weighted by Crippen LogP contribution is 2.26. The van der Waals surface area contributed by atoms with E-state index in [1.165, 1.54) is 0 Å². The molecule has 0 aliphatic carbocycles. The Balaban J connectivity index is 2.36. The SMILES string of the molecule is O=C([O-])C1CCCCn2cccc21. The third-order valence-electron chi connectivity index (χ3n) is 2.65. The lowest BCUT2D eigenvalue weighted by Gasteiger charge is -2.16. The summed E-state index contributed by atoms with van der Waals surface area (Å²) in [5, 5.41) is 10.8. The standard InChI is InChI=1S/C10H13NO2/c12-10(13)8-4-1-2-6-11-7-3-5-9(8)11/h3,5,7-8H,1-2,4,6H2,(H,12,13)/p-1. The first kappa shape index (κ1) is 8.35. The number of fused-ring (bicyclic) bond motifs is 1. The molecule has 0 amide bonds. The lowest BCUT2D eigenvalue weighted by atomic mass is 10.0. The highest BCUT2D eigenvalue weighted by atomic mass is 16.4. The van der Waals surface area contributed by atoms with Crippen LogP contribution >= 0.6 is 0 Å². The van der Waals surface area contributed by atoms with Crippen molar-refractivity contribution < 1.29 is 9.90 Å². The summed E-state index contributed by atoms with van der Waals surface area (Å²) in [6.07, 6.45) is 4.69. The number of nitrogens with zero attached hydrogens (tertiary/aromatic N) is 1. The van der Waals surface area contributed by atoms with Gasteiger partial charge in [-0.15, -0.1) is 0 Å². The summed E-state index contributed by atoms with van der Waals surface area (Å²) in [4.78, 5) is 10.8. The summed E-state index contributed by atoms with van der Waals surface area (Å²) in [7, 11) is 0. The Kier molecular flexibility index (Phi) is 2.08. The molecule has 1 aliphatic heterocycles. The maximum Gasteiger partial charge on any atom is 0.0504 e. The molecule has 3 nitrogen and oxygen atoms in total. The number of aromatic nitrogens is 1. The second-order valence-electron chi connectivity index (χ2n) is 3.49. The van der Waals surface area contributed by atoms with Gasteiger partial charge in [-0.3, -0.25) is 0 Å². The summed E-state index contributed by atoms with van der Waals surface area (Å²) in [6, 6.07) is 3.78. The van der Waals surface area contributed by atoms with E-state index >= 15 is 0 Å². The van der Waals surface area contributed by atoms with Gasteiger partial charge in [0.05, 0.1) is 5.97 Å². The van der Waals surface area contributed by atoms with Crippen LogP contribution in [-0.2, 0) is 11.3 Å². The Labute approximate surface area is 77.0 Å². The molecule has 1 atom stereocenters. The first-order valence-electron chi connectivity index (χ1n) is 4.65. The number of carbonyl (C=O) groups is 1. The molecule has 0 radical (unpaired) electrons. The van der Waals surface area contributed by atoms with Crippen LogP contribution in [0.25, 0.3) is 0 Å². The van der Waals surface area contributed by atoms with Crippen LogP contribution in [0.2, 0.25) is 0 Å². The van der Waals surface area contributed by atoms with E-state index in [1.807, 2.05) is 22.9 Å². The van der Waals surface area contributed by atoms with Gasteiger partial charge >= 0.3 is 0 Å². The molecule has 0 N–H and O–H groups in total. The molecule has 0 spiro atoms. The quantitative estimate of drug-likeness (QED) is 0.628. The maximum atomic E-state index is 10.8. The summed E-state index contributed by atoms with van der Waals surface area (Å²) in [5.74, 6) is -1.35. The second-order valence-corrected chi connectivity index (χ2v) is 3.49. The zero-order valence-electron chi connectivity index (χ0n) is 7.40. The molecule has 0 fully saturated rings. The van der Waals surface area contributed by atoms with Crippen molar-refractivity contribution in [2.24, 2.45) is 0 Å². The fourth-order valence-corrected chi connectivity index (χ4v) is 1.96. The van der Waals surface area contributed by atoms with E-state index in [1.54, 1.807) is 0 Å². The average Bonchev–Trinajstić information content (AvgIpc) is 2.44. The van der Waals surface area contributed by atoms with Crippen molar-refractivity contribution in [3.05, 3.63) is 24.0 Å². The first-order chi connectivity index (χ1) is 6.29. The van der Waals surface area contributed by atoms with Crippen molar-refractivity contribution in [1.82, 2.24) is 4.57 Å². The highest BCUT2D eigenvalue weighted by molar-refractivity contribution is 5.73. The molecule has 3 heteroatoms. The van der Waals surface area contributed by atoms with Crippen molar-refractivity contribution in [1.29, 1.82) is 0 Å². The molecule has 1 unspecified atom stereocenters. The Morgan fingerprint density at radius 1 is 1.54 bits per heavy atom. The Bertz CT molecular complexity index is 316. The fraction of sp³-hybridized carbons (Fsp3) is 0.500. The average molecular weight is 178 g/mol. The molecule has 1 aromatic heterocycles. The van der Waals surface area contributed by atoms with Crippen molar-refractivity contribution >= 4 is 5.97 Å². The topological polar surface area (TPSA) is 45.1 Å². The molecule has 2 rings (SSSR count). The summed E-state index contributed by atoms with van der Waals surface area (Å²) in [5.41, 5.74) is 0.900. The largest absolute Gasteiger partial charge is 0.549 e. The van der Waals surface area contributed by atoms with Crippen LogP contribution < -0.4 is 5.11 Å². The van der Waals surface area contributed by atoms with Crippen molar-refractivity contribution in [2.75, 3.05) is 0 Å². The van der Waals surface area contributed by atoms with Crippen LogP contribution in [0.3, 0.4) is 0 Å². The van der Waals surface area contributed by atoms with Gasteiger partial charge in [-0.25, -0.2) is 0 Å². The minimum absolute atomic E-state index is 0.405. The van der Waals surface area contributed by atoms with E-state index in [2.05, 4.69) is 0 Å². The predicted molar refractivity (Wildman–Crippen MR) is 46.0 cm³/mol. The van der Waals surface area contributed by atoms with Gasteiger partial charge in [0.1, 0.15) is 0 Å². The number of carboxylic acid groups (broad SMARTS) is 1. The van der Waals surface area contributed by atoms with Gasteiger partial charge < -0.3 is 14.5 Å². The van der Waals surface area contributed by atoms with E-state index in [9.17, 15) is 9.90 Å². The number of hydrogen-bond donors (Lipinski definition) is 0. The third-order valence-corrected chi connectivity index (χ3v) is 2.65. The zero-order valence-corrected chi connectivity index (χ0v) is 7.40. The highest BCUT2D eigenvalue weighted by Gasteiger charge is 2.18. The molecule has 0 bridgehead atoms. The zero-order chi connectivity index (χ0) is 9.26. The molecular formula is C10H12NO2-. The molecule has 1 aromatic rings. The fourth-order valence-electron chi connectivity index (χ4n) is 1.96. The van der Waals surface area contributed by atoms with Crippen LogP contribution in [0.5, 0.6) is 0 Å². The van der Waals surface area contributed by atoms with Gasteiger partial charge in [-0.1, -0.05) is 6.42 Å². The molecule has 70 valence electrons. The maximum absolute atomic E-state index is 10.8. The number of carbonyl (C=O) groups excluding carboxylic acids is 1. The molecule has 2 heterocycles. The number of carboxylic acids is 1. The number of rotatable bonds is 1. The monoisotopic (exact) mass is 178 g/mol. The number of aryl methyl sites for hydroxylation is 1. The van der Waals surface area contributed by atoms with E-state index < -0.39 is 11.9 Å². The summed E-state index contributed by atoms with van der Waals surface area (Å²) >= 11 is 0. The third kappa shape index (κ3) is 1.46. The minimum Gasteiger partial charge on any atom is -0.549 e. The Morgan fingerprint density at radius 3 is 3.15 bits per heavy atom. The second kappa shape index (κ2) is 3.24. The normalized spacial score (nSPS) is 22.0. The van der Waals surface area contributed by atoms with Gasteiger partial charge in [-0.2, -0.15) is 0 Å². The van der Waals surface area contributed by atoms with Gasteiger partial charge in [0.15, 0.2) is 0 Å². The molecule has 0 saturated heterocycles. The number of aliphatic carboxylic acids is 1. The molecular weight excluding hydrogens is 166 g/mol.